The molecule has 1 fully saturated rings. The first-order chi connectivity index (χ1) is 22.8. The van der Waals surface area contributed by atoms with Crippen LogP contribution in [0.1, 0.15) is 50.5 Å². The number of carbonyl (C=O) groups is 2. The Kier molecular flexibility index (Phi) is 7.73. The Bertz CT molecular complexity index is 2110. The summed E-state index contributed by atoms with van der Waals surface area (Å²) in [5.41, 5.74) is 5.25. The summed E-state index contributed by atoms with van der Waals surface area (Å²) in [6.07, 6.45) is 5.00. The van der Waals surface area contributed by atoms with E-state index in [0.717, 1.165) is 40.9 Å². The van der Waals surface area contributed by atoms with Crippen molar-refractivity contribution in [2.45, 2.75) is 31.9 Å². The van der Waals surface area contributed by atoms with Gasteiger partial charge in [0.15, 0.2) is 0 Å². The summed E-state index contributed by atoms with van der Waals surface area (Å²) < 4.78 is 26.1. The molecule has 1 aliphatic rings. The van der Waals surface area contributed by atoms with Crippen molar-refractivity contribution in [3.8, 4) is 28.2 Å². The van der Waals surface area contributed by atoms with Crippen molar-refractivity contribution in [1.29, 1.82) is 0 Å². The predicted octanol–water partition coefficient (Wildman–Crippen LogP) is 7.36. The number of fused-ring (bicyclic) bond motifs is 1. The van der Waals surface area contributed by atoms with Crippen LogP contribution in [-0.4, -0.2) is 28.8 Å². The third kappa shape index (κ3) is 5.83. The molecule has 1 saturated carbocycles. The maximum absolute atomic E-state index is 14.1. The number of rotatable bonds is 9. The number of amides is 2. The first-order valence-corrected chi connectivity index (χ1v) is 15.3. The van der Waals surface area contributed by atoms with Crippen LogP contribution in [0, 0.1) is 12.7 Å². The van der Waals surface area contributed by atoms with Crippen LogP contribution in [0.5, 0.6) is 5.75 Å². The fourth-order valence-corrected chi connectivity index (χ4v) is 5.85. The van der Waals surface area contributed by atoms with Gasteiger partial charge in [-0.1, -0.05) is 18.2 Å². The third-order valence-corrected chi connectivity index (χ3v) is 8.49. The molecule has 0 aliphatic heterocycles. The van der Waals surface area contributed by atoms with Crippen molar-refractivity contribution in [2.24, 2.45) is 0 Å². The molecule has 0 atom stereocenters. The van der Waals surface area contributed by atoms with Crippen LogP contribution in [0.4, 0.5) is 4.39 Å². The van der Waals surface area contributed by atoms with Gasteiger partial charge in [0.25, 0.3) is 11.8 Å². The summed E-state index contributed by atoms with van der Waals surface area (Å²) in [4.78, 5) is 36.1. The maximum Gasteiger partial charge on any atom is 0.255 e. The number of ether oxygens (including phenoxy) is 1. The average molecular weight is 627 g/mol. The molecule has 3 heterocycles. The Labute approximate surface area is 270 Å². The van der Waals surface area contributed by atoms with Gasteiger partial charge in [-0.05, 0) is 109 Å². The number of aromatic nitrogens is 2. The van der Waals surface area contributed by atoms with Crippen LogP contribution in [-0.2, 0) is 12.1 Å². The molecule has 7 rings (SSSR count). The molecule has 0 bridgehead atoms. The first kappa shape index (κ1) is 29.9. The van der Waals surface area contributed by atoms with Crippen LogP contribution in [0.2, 0.25) is 0 Å². The standard InChI is InChI=1S/C38H31FN4O4/c1-23-19-32(46-22-27-7-3-5-17-41-27)30(36(44)43-38(15-16-38)33-8-4-6-18-42-33)21-28(23)25-11-14-31-29(20-25)34(37(45)40-2)35(47-31)24-9-12-26(39)13-10-24/h3-14,17-21H,15-16,22H2,1-2H3,(H,40,45)(H,43,44). The zero-order valence-corrected chi connectivity index (χ0v) is 25.8. The smallest absolute Gasteiger partial charge is 0.255 e. The average Bonchev–Trinajstić information content (AvgIpc) is 3.79. The monoisotopic (exact) mass is 626 g/mol. The number of furan rings is 1. The molecular formula is C38H31FN4O4. The van der Waals surface area contributed by atoms with E-state index < -0.39 is 5.54 Å². The highest BCUT2D eigenvalue weighted by Gasteiger charge is 2.47. The molecule has 2 N–H and O–H groups in total. The number of nitrogens with zero attached hydrogens (tertiary/aromatic N) is 2. The van der Waals surface area contributed by atoms with Crippen molar-refractivity contribution in [3.05, 3.63) is 137 Å². The predicted molar refractivity (Wildman–Crippen MR) is 176 cm³/mol. The summed E-state index contributed by atoms with van der Waals surface area (Å²) in [6, 6.07) is 26.4. The summed E-state index contributed by atoms with van der Waals surface area (Å²) in [5, 5.41) is 6.52. The van der Waals surface area contributed by atoms with E-state index in [-0.39, 0.29) is 24.2 Å². The van der Waals surface area contributed by atoms with Gasteiger partial charge in [-0.15, -0.1) is 0 Å². The highest BCUT2D eigenvalue weighted by molar-refractivity contribution is 6.12. The van der Waals surface area contributed by atoms with E-state index in [9.17, 15) is 14.0 Å². The minimum Gasteiger partial charge on any atom is -0.486 e. The summed E-state index contributed by atoms with van der Waals surface area (Å²) >= 11 is 0. The minimum atomic E-state index is -0.531. The second-order valence-corrected chi connectivity index (χ2v) is 11.6. The van der Waals surface area contributed by atoms with Gasteiger partial charge in [0.05, 0.1) is 28.1 Å². The lowest BCUT2D eigenvalue weighted by atomic mass is 9.94. The van der Waals surface area contributed by atoms with Gasteiger partial charge < -0.3 is 19.8 Å². The Hall–Kier alpha value is -5.83. The zero-order valence-electron chi connectivity index (χ0n) is 25.8. The fourth-order valence-electron chi connectivity index (χ4n) is 5.85. The molecule has 0 spiro atoms. The number of benzene rings is 3. The molecule has 9 heteroatoms. The Morgan fingerprint density at radius 1 is 0.894 bits per heavy atom. The van der Waals surface area contributed by atoms with E-state index in [0.29, 0.717) is 39.2 Å². The molecule has 1 aliphatic carbocycles. The van der Waals surface area contributed by atoms with E-state index in [1.165, 1.54) is 12.1 Å². The van der Waals surface area contributed by atoms with Gasteiger partial charge in [0.2, 0.25) is 0 Å². The molecule has 8 nitrogen and oxygen atoms in total. The van der Waals surface area contributed by atoms with Gasteiger partial charge in [0, 0.05) is 30.4 Å². The Balaban J connectivity index is 1.31. The van der Waals surface area contributed by atoms with Crippen molar-refractivity contribution in [3.63, 3.8) is 0 Å². The second-order valence-electron chi connectivity index (χ2n) is 11.6. The van der Waals surface area contributed by atoms with Gasteiger partial charge in [-0.25, -0.2) is 4.39 Å². The largest absolute Gasteiger partial charge is 0.486 e. The minimum absolute atomic E-state index is 0.188. The molecule has 0 unspecified atom stereocenters. The van der Waals surface area contributed by atoms with E-state index in [2.05, 4.69) is 20.6 Å². The van der Waals surface area contributed by atoms with E-state index in [4.69, 9.17) is 9.15 Å². The van der Waals surface area contributed by atoms with Gasteiger partial charge in [0.1, 0.15) is 29.5 Å². The Morgan fingerprint density at radius 2 is 1.64 bits per heavy atom. The molecule has 47 heavy (non-hydrogen) atoms. The topological polar surface area (TPSA) is 106 Å². The van der Waals surface area contributed by atoms with Crippen molar-refractivity contribution in [1.82, 2.24) is 20.6 Å². The van der Waals surface area contributed by atoms with Crippen LogP contribution < -0.4 is 15.4 Å². The number of aryl methyl sites for hydroxylation is 1. The SMILES string of the molecule is CNC(=O)c1c(-c2ccc(F)cc2)oc2ccc(-c3cc(C(=O)NC4(c5ccccn5)CC4)c(OCc4ccccn4)cc3C)cc12. The lowest BCUT2D eigenvalue weighted by Gasteiger charge is -2.20. The van der Waals surface area contributed by atoms with Gasteiger partial charge in [-0.3, -0.25) is 19.6 Å². The molecular weight excluding hydrogens is 595 g/mol. The van der Waals surface area contributed by atoms with Crippen LogP contribution in [0.3, 0.4) is 0 Å². The summed E-state index contributed by atoms with van der Waals surface area (Å²) in [5.74, 6) is -0.223. The molecule has 2 amide bonds. The number of hydrogen-bond donors (Lipinski definition) is 2. The zero-order chi connectivity index (χ0) is 32.5. The second kappa shape index (κ2) is 12.2. The number of carbonyl (C=O) groups excluding carboxylic acids is 2. The van der Waals surface area contributed by atoms with Crippen molar-refractivity contribution >= 4 is 22.8 Å². The number of hydrogen-bond acceptors (Lipinski definition) is 6. The summed E-state index contributed by atoms with van der Waals surface area (Å²) in [7, 11) is 1.55. The fraction of sp³-hybridized carbons (Fsp3) is 0.158. The molecule has 0 saturated heterocycles. The lowest BCUT2D eigenvalue weighted by Crippen LogP contribution is -2.35. The van der Waals surface area contributed by atoms with E-state index in [1.54, 1.807) is 37.6 Å². The Morgan fingerprint density at radius 3 is 2.32 bits per heavy atom. The van der Waals surface area contributed by atoms with Gasteiger partial charge >= 0.3 is 0 Å². The highest BCUT2D eigenvalue weighted by atomic mass is 19.1. The number of halogens is 1. The first-order valence-electron chi connectivity index (χ1n) is 15.3. The number of nitrogens with one attached hydrogen (secondary N) is 2. The summed E-state index contributed by atoms with van der Waals surface area (Å²) in [6.45, 7) is 2.14. The van der Waals surface area contributed by atoms with Crippen LogP contribution in [0.25, 0.3) is 33.4 Å². The lowest BCUT2D eigenvalue weighted by molar-refractivity contribution is 0.0923. The molecule has 3 aromatic carbocycles. The maximum atomic E-state index is 14.1. The van der Waals surface area contributed by atoms with Crippen molar-refractivity contribution in [2.75, 3.05) is 7.05 Å². The highest BCUT2D eigenvalue weighted by Crippen LogP contribution is 2.45. The third-order valence-electron chi connectivity index (χ3n) is 8.49. The quantitative estimate of drug-likeness (QED) is 0.174. The van der Waals surface area contributed by atoms with E-state index >= 15 is 0 Å². The van der Waals surface area contributed by atoms with Crippen LogP contribution >= 0.6 is 0 Å². The normalized spacial score (nSPS) is 13.3. The molecule has 0 radical (unpaired) electrons. The van der Waals surface area contributed by atoms with Crippen molar-refractivity contribution < 1.29 is 23.1 Å². The molecule has 3 aromatic heterocycles. The molecule has 234 valence electrons. The van der Waals surface area contributed by atoms with Crippen LogP contribution in [0.15, 0.2) is 108 Å². The van der Waals surface area contributed by atoms with Gasteiger partial charge in [-0.2, -0.15) is 0 Å². The van der Waals surface area contributed by atoms with E-state index in [1.807, 2.05) is 67.6 Å². The molecule has 6 aromatic rings. The number of pyridine rings is 2.